The minimum Gasteiger partial charge on any atom is -0.484 e. The average Bonchev–Trinajstić information content (AvgIpc) is 2.65. The van der Waals surface area contributed by atoms with Gasteiger partial charge in [-0.15, -0.1) is 0 Å². The maximum atomic E-state index is 13.0. The largest absolute Gasteiger partial charge is 0.484 e. The Labute approximate surface area is 188 Å². The first kappa shape index (κ1) is 23.5. The van der Waals surface area contributed by atoms with Crippen LogP contribution >= 0.6 is 0 Å². The average molecular weight is 456 g/mol. The number of esters is 4. The second kappa shape index (κ2) is 9.51. The number of ketones is 1. The van der Waals surface area contributed by atoms with E-state index in [1.807, 2.05) is 0 Å². The molecule has 1 aliphatic heterocycles. The molecule has 10 heteroatoms. The minimum atomic E-state index is -0.868. The van der Waals surface area contributed by atoms with Crippen LogP contribution in [-0.4, -0.2) is 29.7 Å². The summed E-state index contributed by atoms with van der Waals surface area (Å²) in [4.78, 5) is 58.7. The maximum Gasteiger partial charge on any atom is 0.308 e. The fourth-order valence-corrected chi connectivity index (χ4v) is 3.27. The predicted octanol–water partition coefficient (Wildman–Crippen LogP) is 3.09. The predicted molar refractivity (Wildman–Crippen MR) is 110 cm³/mol. The number of fused-ring (bicyclic) bond motifs is 1. The molecule has 3 rings (SSSR count). The van der Waals surface area contributed by atoms with E-state index in [-0.39, 0.29) is 40.7 Å². The van der Waals surface area contributed by atoms with Gasteiger partial charge in [-0.2, -0.15) is 0 Å². The van der Waals surface area contributed by atoms with Gasteiger partial charge in [-0.05, 0) is 12.1 Å². The molecule has 0 aliphatic carbocycles. The van der Waals surface area contributed by atoms with Crippen LogP contribution in [-0.2, 0) is 19.2 Å². The first-order valence-corrected chi connectivity index (χ1v) is 9.78. The van der Waals surface area contributed by atoms with Crippen molar-refractivity contribution in [2.75, 3.05) is 0 Å². The van der Waals surface area contributed by atoms with Gasteiger partial charge >= 0.3 is 23.9 Å². The number of Topliss-reactive ketones (excluding diaryl/α,β-unsaturated/α-hetero) is 1. The van der Waals surface area contributed by atoms with Crippen LogP contribution in [0.15, 0.2) is 30.3 Å². The lowest BCUT2D eigenvalue weighted by Crippen LogP contribution is -2.22. The van der Waals surface area contributed by atoms with Gasteiger partial charge in [0.05, 0.1) is 6.42 Å². The van der Waals surface area contributed by atoms with Crippen LogP contribution in [0.5, 0.6) is 28.7 Å². The molecule has 0 N–H and O–H groups in total. The smallest absolute Gasteiger partial charge is 0.308 e. The van der Waals surface area contributed by atoms with Gasteiger partial charge in [-0.1, -0.05) is 0 Å². The second-order valence-corrected chi connectivity index (χ2v) is 7.14. The Balaban J connectivity index is 2.05. The Hall–Kier alpha value is -4.21. The SMILES string of the molecule is CC(=O)Oc1cc(OC(C)=O)cc([C@H]2CC(=O)c3c(OC(C)=O)cc(OC(C)=O)cc3O2)c1. The Morgan fingerprint density at radius 3 is 1.70 bits per heavy atom. The van der Waals surface area contributed by atoms with E-state index < -0.39 is 35.8 Å². The summed E-state index contributed by atoms with van der Waals surface area (Å²) in [5, 5.41) is 0. The third-order valence-electron chi connectivity index (χ3n) is 4.27. The fraction of sp³-hybridized carbons (Fsp3) is 0.261. The molecular formula is C23H20O10. The van der Waals surface area contributed by atoms with Gasteiger partial charge in [0.25, 0.3) is 0 Å². The Morgan fingerprint density at radius 1 is 0.727 bits per heavy atom. The van der Waals surface area contributed by atoms with E-state index in [1.54, 1.807) is 0 Å². The van der Waals surface area contributed by atoms with Crippen molar-refractivity contribution >= 4 is 29.7 Å². The highest BCUT2D eigenvalue weighted by Crippen LogP contribution is 2.43. The van der Waals surface area contributed by atoms with E-state index in [2.05, 4.69) is 0 Å². The normalized spacial score (nSPS) is 14.4. The van der Waals surface area contributed by atoms with Crippen molar-refractivity contribution in [1.29, 1.82) is 0 Å². The van der Waals surface area contributed by atoms with Gasteiger partial charge in [0.2, 0.25) is 0 Å². The van der Waals surface area contributed by atoms with Crippen LogP contribution in [0, 0.1) is 0 Å². The summed E-state index contributed by atoms with van der Waals surface area (Å²) in [6, 6.07) is 6.88. The van der Waals surface area contributed by atoms with Crippen LogP contribution in [0.25, 0.3) is 0 Å². The number of carbonyl (C=O) groups is 5. The summed E-state index contributed by atoms with van der Waals surface area (Å²) in [6.45, 7) is 4.78. The summed E-state index contributed by atoms with van der Waals surface area (Å²) < 4.78 is 26.4. The molecule has 0 aromatic heterocycles. The fourth-order valence-electron chi connectivity index (χ4n) is 3.27. The molecule has 33 heavy (non-hydrogen) atoms. The molecule has 0 fully saturated rings. The van der Waals surface area contributed by atoms with Crippen molar-refractivity contribution in [3.05, 3.63) is 41.5 Å². The van der Waals surface area contributed by atoms with Gasteiger partial charge in [-0.25, -0.2) is 0 Å². The third-order valence-corrected chi connectivity index (χ3v) is 4.27. The van der Waals surface area contributed by atoms with E-state index in [0.717, 1.165) is 0 Å². The number of carbonyl (C=O) groups excluding carboxylic acids is 5. The van der Waals surface area contributed by atoms with Gasteiger partial charge in [0.15, 0.2) is 5.78 Å². The zero-order valence-electron chi connectivity index (χ0n) is 18.3. The Morgan fingerprint density at radius 2 is 1.21 bits per heavy atom. The highest BCUT2D eigenvalue weighted by Gasteiger charge is 2.33. The van der Waals surface area contributed by atoms with Crippen molar-refractivity contribution in [2.24, 2.45) is 0 Å². The number of rotatable bonds is 5. The van der Waals surface area contributed by atoms with Crippen molar-refractivity contribution in [1.82, 2.24) is 0 Å². The van der Waals surface area contributed by atoms with Gasteiger partial charge in [0.1, 0.15) is 40.4 Å². The molecule has 172 valence electrons. The highest BCUT2D eigenvalue weighted by atomic mass is 16.6. The molecule has 1 aliphatic rings. The molecule has 2 aromatic rings. The molecule has 1 heterocycles. The molecule has 1 atom stereocenters. The maximum absolute atomic E-state index is 13.0. The van der Waals surface area contributed by atoms with Crippen molar-refractivity contribution < 1.29 is 47.7 Å². The van der Waals surface area contributed by atoms with Crippen molar-refractivity contribution in [3.63, 3.8) is 0 Å². The molecule has 0 radical (unpaired) electrons. The van der Waals surface area contributed by atoms with Crippen molar-refractivity contribution in [2.45, 2.75) is 40.2 Å². The number of benzene rings is 2. The lowest BCUT2D eigenvalue weighted by Gasteiger charge is -2.27. The minimum absolute atomic E-state index is 0.0141. The van der Waals surface area contributed by atoms with Gasteiger partial charge in [-0.3, -0.25) is 24.0 Å². The van der Waals surface area contributed by atoms with Crippen LogP contribution in [0.2, 0.25) is 0 Å². The van der Waals surface area contributed by atoms with E-state index in [1.165, 1.54) is 58.0 Å². The van der Waals surface area contributed by atoms with Gasteiger partial charge in [0, 0.05) is 51.5 Å². The highest BCUT2D eigenvalue weighted by molar-refractivity contribution is 6.03. The zero-order valence-corrected chi connectivity index (χ0v) is 18.3. The molecule has 2 aromatic carbocycles. The van der Waals surface area contributed by atoms with Crippen LogP contribution in [0.3, 0.4) is 0 Å². The van der Waals surface area contributed by atoms with Crippen molar-refractivity contribution in [3.8, 4) is 28.7 Å². The molecule has 10 nitrogen and oxygen atoms in total. The summed E-state index contributed by atoms with van der Waals surface area (Å²) in [6.07, 6.45) is -1.02. The monoisotopic (exact) mass is 456 g/mol. The quantitative estimate of drug-likeness (QED) is 0.488. The molecule has 0 saturated carbocycles. The van der Waals surface area contributed by atoms with E-state index in [0.29, 0.717) is 5.56 Å². The lowest BCUT2D eigenvalue weighted by atomic mass is 9.95. The third kappa shape index (κ3) is 5.94. The van der Waals surface area contributed by atoms with Crippen LogP contribution < -0.4 is 23.7 Å². The number of ether oxygens (including phenoxy) is 5. The first-order chi connectivity index (χ1) is 15.5. The molecule has 0 unspecified atom stereocenters. The van der Waals surface area contributed by atoms with E-state index in [4.69, 9.17) is 23.7 Å². The van der Waals surface area contributed by atoms with Crippen LogP contribution in [0.4, 0.5) is 0 Å². The summed E-state index contributed by atoms with van der Waals surface area (Å²) in [5.74, 6) is -2.77. The first-order valence-electron chi connectivity index (χ1n) is 9.78. The number of hydrogen-bond donors (Lipinski definition) is 0. The van der Waals surface area contributed by atoms with Crippen LogP contribution in [0.1, 0.15) is 56.1 Å². The van der Waals surface area contributed by atoms with E-state index >= 15 is 0 Å². The molecule has 0 saturated heterocycles. The van der Waals surface area contributed by atoms with E-state index in [9.17, 15) is 24.0 Å². The summed E-state index contributed by atoms with van der Waals surface area (Å²) in [7, 11) is 0. The molecular weight excluding hydrogens is 436 g/mol. The molecule has 0 bridgehead atoms. The zero-order chi connectivity index (χ0) is 24.3. The standard InChI is InChI=1S/C23H20O10/c1-11(24)29-16-5-15(6-17(7-16)30-12(2)25)20-10-19(28)23-21(32-14(4)27)8-18(31-13(3)26)9-22(23)33-20/h5-9,20H,10H2,1-4H3/t20-/m1/s1. The topological polar surface area (TPSA) is 132 Å². The Kier molecular flexibility index (Phi) is 6.76. The molecule has 0 spiro atoms. The second-order valence-electron chi connectivity index (χ2n) is 7.14. The molecule has 0 amide bonds. The number of hydrogen-bond acceptors (Lipinski definition) is 10. The Bertz CT molecular complexity index is 1130. The summed E-state index contributed by atoms with van der Waals surface area (Å²) >= 11 is 0. The van der Waals surface area contributed by atoms with Gasteiger partial charge < -0.3 is 23.7 Å². The lowest BCUT2D eigenvalue weighted by molar-refractivity contribution is -0.133. The summed E-state index contributed by atoms with van der Waals surface area (Å²) in [5.41, 5.74) is 0.407.